The van der Waals surface area contributed by atoms with E-state index >= 15 is 0 Å². The van der Waals surface area contributed by atoms with Crippen molar-refractivity contribution in [3.05, 3.63) is 0 Å². The van der Waals surface area contributed by atoms with Crippen molar-refractivity contribution in [2.45, 2.75) is 110 Å². The molecule has 142 valence electrons. The molecule has 0 aromatic heterocycles. The smallest absolute Gasteiger partial charge is 0.305 e. The summed E-state index contributed by atoms with van der Waals surface area (Å²) in [6, 6.07) is 0. The van der Waals surface area contributed by atoms with Gasteiger partial charge in [0.1, 0.15) is 0 Å². The van der Waals surface area contributed by atoms with E-state index in [1.165, 1.54) is 71.8 Å². The molecule has 0 aromatic rings. The van der Waals surface area contributed by atoms with Gasteiger partial charge in [0.2, 0.25) is 0 Å². The molecule has 0 amide bonds. The van der Waals surface area contributed by atoms with Crippen LogP contribution in [-0.4, -0.2) is 25.2 Å². The second-order valence-electron chi connectivity index (χ2n) is 6.78. The minimum Gasteiger partial charge on any atom is -0.469 e. The van der Waals surface area contributed by atoms with Gasteiger partial charge in [-0.25, -0.2) is 0 Å². The van der Waals surface area contributed by atoms with Gasteiger partial charge < -0.3 is 9.47 Å². The van der Waals surface area contributed by atoms with E-state index in [-0.39, 0.29) is 18.0 Å². The summed E-state index contributed by atoms with van der Waals surface area (Å²) in [4.78, 5) is 21.7. The zero-order valence-corrected chi connectivity index (χ0v) is 16.1. The van der Waals surface area contributed by atoms with E-state index in [4.69, 9.17) is 4.74 Å². The summed E-state index contributed by atoms with van der Waals surface area (Å²) in [7, 11) is 1.45. The number of carbonyl (C=O) groups is 2. The third-order valence-corrected chi connectivity index (χ3v) is 4.34. The first kappa shape index (κ1) is 22.9. The molecule has 0 aliphatic rings. The summed E-state index contributed by atoms with van der Waals surface area (Å²) in [5.74, 6) is -0.262. The van der Waals surface area contributed by atoms with Crippen LogP contribution in [0.3, 0.4) is 0 Å². The molecular formula is C20H38O4. The number of rotatable bonds is 16. The molecule has 0 radical (unpaired) electrons. The van der Waals surface area contributed by atoms with Crippen molar-refractivity contribution in [2.24, 2.45) is 0 Å². The van der Waals surface area contributed by atoms with E-state index < -0.39 is 0 Å². The molecule has 0 heterocycles. The minimum atomic E-state index is -0.175. The van der Waals surface area contributed by atoms with Crippen LogP contribution >= 0.6 is 0 Å². The summed E-state index contributed by atoms with van der Waals surface area (Å²) in [6.07, 6.45) is 16.6. The van der Waals surface area contributed by atoms with Crippen LogP contribution in [0.1, 0.15) is 104 Å². The first-order chi connectivity index (χ1) is 11.6. The average molecular weight is 343 g/mol. The van der Waals surface area contributed by atoms with Crippen molar-refractivity contribution in [3.63, 3.8) is 0 Å². The number of methoxy groups -OCH3 is 1. The van der Waals surface area contributed by atoms with Gasteiger partial charge in [-0.15, -0.1) is 0 Å². The van der Waals surface area contributed by atoms with Crippen molar-refractivity contribution in [3.8, 4) is 0 Å². The maximum atomic E-state index is 10.9. The number of hydrogen-bond donors (Lipinski definition) is 0. The molecule has 0 aliphatic carbocycles. The number of carbonyl (C=O) groups excluding carboxylic acids is 2. The Labute approximate surface area is 148 Å². The van der Waals surface area contributed by atoms with Gasteiger partial charge in [-0.1, -0.05) is 64.2 Å². The molecule has 0 spiro atoms. The summed E-state index contributed by atoms with van der Waals surface area (Å²) in [5.41, 5.74) is 0. The number of unbranched alkanes of at least 4 members (excludes halogenated alkanes) is 11. The van der Waals surface area contributed by atoms with Gasteiger partial charge in [-0.05, 0) is 26.2 Å². The Morgan fingerprint density at radius 3 is 1.58 bits per heavy atom. The van der Waals surface area contributed by atoms with Crippen LogP contribution in [0.25, 0.3) is 0 Å². The van der Waals surface area contributed by atoms with Crippen molar-refractivity contribution in [1.29, 1.82) is 0 Å². The van der Waals surface area contributed by atoms with E-state index in [2.05, 4.69) is 4.74 Å². The van der Waals surface area contributed by atoms with Crippen LogP contribution in [0.2, 0.25) is 0 Å². The molecule has 1 atom stereocenters. The predicted octanol–water partition coefficient (Wildman–Crippen LogP) is 5.57. The molecule has 0 fully saturated rings. The average Bonchev–Trinajstić information content (AvgIpc) is 2.54. The highest BCUT2D eigenvalue weighted by Crippen LogP contribution is 2.14. The van der Waals surface area contributed by atoms with Gasteiger partial charge in [-0.2, -0.15) is 0 Å². The van der Waals surface area contributed by atoms with Crippen LogP contribution in [0.5, 0.6) is 0 Å². The van der Waals surface area contributed by atoms with E-state index in [0.29, 0.717) is 6.42 Å². The molecule has 0 bridgehead atoms. The number of esters is 2. The van der Waals surface area contributed by atoms with Crippen LogP contribution in [0, 0.1) is 0 Å². The largest absolute Gasteiger partial charge is 0.469 e. The van der Waals surface area contributed by atoms with E-state index in [0.717, 1.165) is 25.7 Å². The first-order valence-electron chi connectivity index (χ1n) is 9.80. The fourth-order valence-corrected chi connectivity index (χ4v) is 2.91. The third-order valence-electron chi connectivity index (χ3n) is 4.34. The van der Waals surface area contributed by atoms with Crippen LogP contribution in [0.4, 0.5) is 0 Å². The lowest BCUT2D eigenvalue weighted by molar-refractivity contribution is -0.145. The highest BCUT2D eigenvalue weighted by Gasteiger charge is 2.04. The van der Waals surface area contributed by atoms with Gasteiger partial charge in [0.15, 0.2) is 0 Å². The van der Waals surface area contributed by atoms with Crippen LogP contribution in [0.15, 0.2) is 0 Å². The third kappa shape index (κ3) is 17.3. The fourth-order valence-electron chi connectivity index (χ4n) is 2.91. The molecule has 0 rings (SSSR count). The van der Waals surface area contributed by atoms with Crippen molar-refractivity contribution < 1.29 is 19.1 Å². The Balaban J connectivity index is 3.12. The second-order valence-corrected chi connectivity index (χ2v) is 6.78. The monoisotopic (exact) mass is 342 g/mol. The Morgan fingerprint density at radius 2 is 1.17 bits per heavy atom. The van der Waals surface area contributed by atoms with Gasteiger partial charge in [0.05, 0.1) is 13.2 Å². The van der Waals surface area contributed by atoms with Gasteiger partial charge in [-0.3, -0.25) is 9.59 Å². The van der Waals surface area contributed by atoms with E-state index in [1.807, 2.05) is 6.92 Å². The van der Waals surface area contributed by atoms with Crippen LogP contribution < -0.4 is 0 Å². The zero-order valence-electron chi connectivity index (χ0n) is 16.1. The SMILES string of the molecule is COC(=O)CCCCCCCCCCCCCCC(C)OC(C)=O. The molecule has 4 heteroatoms. The zero-order chi connectivity index (χ0) is 18.0. The van der Waals surface area contributed by atoms with E-state index in [9.17, 15) is 9.59 Å². The molecule has 24 heavy (non-hydrogen) atoms. The van der Waals surface area contributed by atoms with Crippen molar-refractivity contribution >= 4 is 11.9 Å². The minimum absolute atomic E-state index is 0.0649. The number of hydrogen-bond acceptors (Lipinski definition) is 4. The Kier molecular flexibility index (Phi) is 16.0. The lowest BCUT2D eigenvalue weighted by Gasteiger charge is -2.11. The predicted molar refractivity (Wildman–Crippen MR) is 97.9 cm³/mol. The summed E-state index contributed by atoms with van der Waals surface area (Å²) < 4.78 is 9.74. The molecule has 0 saturated heterocycles. The topological polar surface area (TPSA) is 52.6 Å². The number of ether oxygens (including phenoxy) is 2. The van der Waals surface area contributed by atoms with Crippen LogP contribution in [-0.2, 0) is 19.1 Å². The lowest BCUT2D eigenvalue weighted by atomic mass is 10.0. The lowest BCUT2D eigenvalue weighted by Crippen LogP contribution is -2.11. The fraction of sp³-hybridized carbons (Fsp3) is 0.900. The summed E-state index contributed by atoms with van der Waals surface area (Å²) >= 11 is 0. The molecule has 0 aromatic carbocycles. The van der Waals surface area contributed by atoms with Crippen molar-refractivity contribution in [1.82, 2.24) is 0 Å². The standard InChI is InChI=1S/C20H38O4/c1-18(24-19(2)21)16-14-12-10-8-6-4-5-7-9-11-13-15-17-20(22)23-3/h18H,4-17H2,1-3H3. The molecule has 0 aliphatic heterocycles. The highest BCUT2D eigenvalue weighted by molar-refractivity contribution is 5.68. The summed E-state index contributed by atoms with van der Waals surface area (Å²) in [6.45, 7) is 3.44. The van der Waals surface area contributed by atoms with E-state index in [1.54, 1.807) is 0 Å². The molecule has 0 N–H and O–H groups in total. The van der Waals surface area contributed by atoms with Gasteiger partial charge in [0.25, 0.3) is 0 Å². The highest BCUT2D eigenvalue weighted by atomic mass is 16.5. The molecule has 4 nitrogen and oxygen atoms in total. The summed E-state index contributed by atoms with van der Waals surface area (Å²) in [5, 5.41) is 0. The normalized spacial score (nSPS) is 12.0. The quantitative estimate of drug-likeness (QED) is 0.272. The molecular weight excluding hydrogens is 304 g/mol. The first-order valence-corrected chi connectivity index (χ1v) is 9.80. The van der Waals surface area contributed by atoms with Gasteiger partial charge in [0, 0.05) is 13.3 Å². The second kappa shape index (κ2) is 16.8. The molecule has 1 unspecified atom stereocenters. The Morgan fingerprint density at radius 1 is 0.750 bits per heavy atom. The molecule has 0 saturated carbocycles. The van der Waals surface area contributed by atoms with Crippen molar-refractivity contribution in [2.75, 3.05) is 7.11 Å². The maximum absolute atomic E-state index is 10.9. The van der Waals surface area contributed by atoms with Gasteiger partial charge >= 0.3 is 11.9 Å². The maximum Gasteiger partial charge on any atom is 0.305 e. The Bertz CT molecular complexity index is 315. The Hall–Kier alpha value is -1.06.